The molecule has 2 aromatic carbocycles. The fraction of sp³-hybridized carbons (Fsp3) is 0.158. The lowest BCUT2D eigenvalue weighted by Crippen LogP contribution is -2.09. The fourth-order valence-corrected chi connectivity index (χ4v) is 4.29. The van der Waals surface area contributed by atoms with Gasteiger partial charge in [0.05, 0.1) is 23.3 Å². The molecule has 0 N–H and O–H groups in total. The number of fused-ring (bicyclic) bond motifs is 1. The largest absolute Gasteiger partial charge is 0.458 e. The maximum absolute atomic E-state index is 12.2. The zero-order valence-electron chi connectivity index (χ0n) is 14.9. The van der Waals surface area contributed by atoms with Crippen LogP contribution in [0.15, 0.2) is 53.7 Å². The summed E-state index contributed by atoms with van der Waals surface area (Å²) in [7, 11) is 0. The van der Waals surface area contributed by atoms with E-state index in [4.69, 9.17) is 27.9 Å². The van der Waals surface area contributed by atoms with E-state index >= 15 is 0 Å². The van der Waals surface area contributed by atoms with Gasteiger partial charge in [-0.25, -0.2) is 4.98 Å². The highest BCUT2D eigenvalue weighted by Gasteiger charge is 2.15. The molecule has 0 aliphatic heterocycles. The van der Waals surface area contributed by atoms with Crippen molar-refractivity contribution in [1.82, 2.24) is 19.1 Å². The maximum Gasteiger partial charge on any atom is 0.316 e. The van der Waals surface area contributed by atoms with Gasteiger partial charge in [0.25, 0.3) is 0 Å². The Bertz CT molecular complexity index is 1150. The highest BCUT2D eigenvalue weighted by molar-refractivity contribution is 7.99. The van der Waals surface area contributed by atoms with E-state index in [1.165, 1.54) is 11.8 Å². The molecular weight excluding hydrogens is 451 g/mol. The van der Waals surface area contributed by atoms with Crippen molar-refractivity contribution in [1.29, 1.82) is 0 Å². The SMILES string of the molecule is O=C(CSc1nc2cc(Cl)ccc2n1Cc1ccccc1)OCc1nnsc1Cl. The second kappa shape index (κ2) is 9.13. The smallest absolute Gasteiger partial charge is 0.316 e. The number of carbonyl (C=O) groups excluding carboxylic acids is 1. The van der Waals surface area contributed by atoms with Gasteiger partial charge in [-0.05, 0) is 23.8 Å². The van der Waals surface area contributed by atoms with Gasteiger partial charge in [-0.2, -0.15) is 0 Å². The first kappa shape index (κ1) is 20.2. The highest BCUT2D eigenvalue weighted by atomic mass is 35.5. The van der Waals surface area contributed by atoms with Crippen molar-refractivity contribution in [3.8, 4) is 0 Å². The topological polar surface area (TPSA) is 69.9 Å². The molecule has 148 valence electrons. The Morgan fingerprint density at radius 1 is 1.17 bits per heavy atom. The number of hydrogen-bond acceptors (Lipinski definition) is 7. The van der Waals surface area contributed by atoms with Crippen molar-refractivity contribution < 1.29 is 9.53 Å². The number of nitrogens with zero attached hydrogens (tertiary/aromatic N) is 4. The third kappa shape index (κ3) is 4.90. The molecule has 0 atom stereocenters. The minimum absolute atomic E-state index is 0.00473. The molecule has 0 saturated carbocycles. The number of carbonyl (C=O) groups is 1. The molecule has 0 bridgehead atoms. The standard InChI is InChI=1S/C19H14Cl2N4O2S2/c20-13-6-7-16-14(8-13)22-19(25(16)9-12-4-2-1-3-5-12)28-11-17(26)27-10-15-18(21)29-24-23-15/h1-8H,9-11H2. The summed E-state index contributed by atoms with van der Waals surface area (Å²) in [4.78, 5) is 16.8. The predicted octanol–water partition coefficient (Wildman–Crippen LogP) is 5.08. The lowest BCUT2D eigenvalue weighted by molar-refractivity contribution is -0.141. The lowest BCUT2D eigenvalue weighted by atomic mass is 10.2. The zero-order valence-corrected chi connectivity index (χ0v) is 18.1. The van der Waals surface area contributed by atoms with Crippen molar-refractivity contribution in [3.63, 3.8) is 0 Å². The third-order valence-corrected chi connectivity index (χ3v) is 6.23. The first-order valence-corrected chi connectivity index (χ1v) is 11.1. The average Bonchev–Trinajstić information content (AvgIpc) is 3.28. The van der Waals surface area contributed by atoms with E-state index in [0.717, 1.165) is 33.3 Å². The van der Waals surface area contributed by atoms with E-state index in [-0.39, 0.29) is 18.3 Å². The van der Waals surface area contributed by atoms with Gasteiger partial charge in [-0.1, -0.05) is 69.8 Å². The molecule has 0 aliphatic rings. The summed E-state index contributed by atoms with van der Waals surface area (Å²) in [5.41, 5.74) is 3.33. The molecule has 0 spiro atoms. The van der Waals surface area contributed by atoms with Gasteiger partial charge >= 0.3 is 5.97 Å². The van der Waals surface area contributed by atoms with Gasteiger partial charge in [-0.3, -0.25) is 4.79 Å². The first-order valence-electron chi connectivity index (χ1n) is 8.55. The van der Waals surface area contributed by atoms with Crippen molar-refractivity contribution in [2.75, 3.05) is 5.75 Å². The average molecular weight is 465 g/mol. The number of hydrogen-bond donors (Lipinski definition) is 0. The minimum Gasteiger partial charge on any atom is -0.458 e. The molecule has 2 heterocycles. The normalized spacial score (nSPS) is 11.1. The molecule has 0 unspecified atom stereocenters. The Balaban J connectivity index is 1.50. The van der Waals surface area contributed by atoms with E-state index in [1.807, 2.05) is 36.4 Å². The first-order chi connectivity index (χ1) is 14.1. The van der Waals surface area contributed by atoms with Gasteiger partial charge in [0, 0.05) is 16.6 Å². The fourth-order valence-electron chi connectivity index (χ4n) is 2.71. The lowest BCUT2D eigenvalue weighted by Gasteiger charge is -2.09. The van der Waals surface area contributed by atoms with Crippen molar-refractivity contribution >= 4 is 63.5 Å². The molecule has 2 aromatic heterocycles. The number of thioether (sulfide) groups is 1. The number of aromatic nitrogens is 4. The number of ether oxygens (including phenoxy) is 1. The van der Waals surface area contributed by atoms with Gasteiger partial charge < -0.3 is 9.30 Å². The van der Waals surface area contributed by atoms with Gasteiger partial charge in [0.15, 0.2) is 5.16 Å². The second-order valence-corrected chi connectivity index (χ2v) is 8.78. The Labute approximate surface area is 185 Å². The van der Waals surface area contributed by atoms with Crippen LogP contribution in [0, 0.1) is 0 Å². The third-order valence-electron chi connectivity index (χ3n) is 4.06. The molecule has 0 aliphatic carbocycles. The summed E-state index contributed by atoms with van der Waals surface area (Å²) < 4.78 is 11.5. The number of rotatable bonds is 7. The molecule has 4 rings (SSSR count). The Hall–Kier alpha value is -2.13. The van der Waals surface area contributed by atoms with Crippen LogP contribution in [0.1, 0.15) is 11.3 Å². The Morgan fingerprint density at radius 2 is 2.00 bits per heavy atom. The van der Waals surface area contributed by atoms with Crippen molar-refractivity contribution in [2.24, 2.45) is 0 Å². The molecule has 29 heavy (non-hydrogen) atoms. The second-order valence-electron chi connectivity index (χ2n) is 6.04. The van der Waals surface area contributed by atoms with Gasteiger partial charge in [0.2, 0.25) is 0 Å². The number of benzene rings is 2. The van der Waals surface area contributed by atoms with Crippen LogP contribution in [0.4, 0.5) is 0 Å². The summed E-state index contributed by atoms with van der Waals surface area (Å²) in [5.74, 6) is -0.267. The van der Waals surface area contributed by atoms with E-state index in [2.05, 4.69) is 31.3 Å². The van der Waals surface area contributed by atoms with Crippen molar-refractivity contribution in [3.05, 3.63) is 69.1 Å². The van der Waals surface area contributed by atoms with Crippen LogP contribution < -0.4 is 0 Å². The van der Waals surface area contributed by atoms with Crippen LogP contribution in [0.2, 0.25) is 9.36 Å². The van der Waals surface area contributed by atoms with E-state index in [0.29, 0.717) is 21.6 Å². The van der Waals surface area contributed by atoms with Crippen LogP contribution in [-0.4, -0.2) is 30.9 Å². The van der Waals surface area contributed by atoms with Crippen LogP contribution in [-0.2, 0) is 22.7 Å². The Kier molecular flexibility index (Phi) is 6.34. The molecule has 4 aromatic rings. The summed E-state index contributed by atoms with van der Waals surface area (Å²) in [5, 5.41) is 5.16. The van der Waals surface area contributed by atoms with Crippen LogP contribution in [0.3, 0.4) is 0 Å². The molecule has 0 fully saturated rings. The summed E-state index contributed by atoms with van der Waals surface area (Å²) in [6.07, 6.45) is 0. The number of imidazole rings is 1. The van der Waals surface area contributed by atoms with Gasteiger partial charge in [-0.15, -0.1) is 5.10 Å². The zero-order chi connectivity index (χ0) is 20.2. The predicted molar refractivity (Wildman–Crippen MR) is 116 cm³/mol. The molecule has 0 amide bonds. The summed E-state index contributed by atoms with van der Waals surface area (Å²) in [6, 6.07) is 15.7. The minimum atomic E-state index is -0.379. The number of esters is 1. The molecule has 6 nitrogen and oxygen atoms in total. The summed E-state index contributed by atoms with van der Waals surface area (Å²) >= 11 is 14.4. The molecule has 0 saturated heterocycles. The maximum atomic E-state index is 12.2. The van der Waals surface area contributed by atoms with Crippen LogP contribution >= 0.6 is 46.5 Å². The van der Waals surface area contributed by atoms with Crippen molar-refractivity contribution in [2.45, 2.75) is 18.3 Å². The van der Waals surface area contributed by atoms with E-state index < -0.39 is 0 Å². The number of halogens is 2. The highest BCUT2D eigenvalue weighted by Crippen LogP contribution is 2.27. The molecule has 10 heteroatoms. The molecular formula is C19H14Cl2N4O2S2. The van der Waals surface area contributed by atoms with E-state index in [9.17, 15) is 4.79 Å². The van der Waals surface area contributed by atoms with Gasteiger partial charge in [0.1, 0.15) is 16.6 Å². The quantitative estimate of drug-likeness (QED) is 0.280. The van der Waals surface area contributed by atoms with Crippen LogP contribution in [0.25, 0.3) is 11.0 Å². The summed E-state index contributed by atoms with van der Waals surface area (Å²) in [6.45, 7) is 0.640. The molecule has 0 radical (unpaired) electrons. The van der Waals surface area contributed by atoms with E-state index in [1.54, 1.807) is 0 Å². The monoisotopic (exact) mass is 464 g/mol. The van der Waals surface area contributed by atoms with Crippen LogP contribution in [0.5, 0.6) is 0 Å². The Morgan fingerprint density at radius 3 is 2.76 bits per heavy atom.